The molecule has 2 heterocycles. The van der Waals surface area contributed by atoms with Gasteiger partial charge in [-0.25, -0.2) is 0 Å². The largest absolute Gasteiger partial charge is 0.482 e. The lowest BCUT2D eigenvalue weighted by Gasteiger charge is -2.09. The minimum atomic E-state index is -0.317. The first-order chi connectivity index (χ1) is 10.6. The van der Waals surface area contributed by atoms with Crippen molar-refractivity contribution in [2.45, 2.75) is 0 Å². The predicted molar refractivity (Wildman–Crippen MR) is 86.3 cm³/mol. The fourth-order valence-electron chi connectivity index (χ4n) is 1.89. The van der Waals surface area contributed by atoms with Crippen molar-refractivity contribution in [3.05, 3.63) is 52.4 Å². The molecule has 2 aromatic heterocycles. The molecular formula is C14H10BrClN4O2. The van der Waals surface area contributed by atoms with Gasteiger partial charge >= 0.3 is 0 Å². The summed E-state index contributed by atoms with van der Waals surface area (Å²) >= 11 is 9.33. The summed E-state index contributed by atoms with van der Waals surface area (Å²) in [7, 11) is 0. The van der Waals surface area contributed by atoms with Crippen LogP contribution in [0, 0.1) is 0 Å². The number of benzene rings is 1. The van der Waals surface area contributed by atoms with Gasteiger partial charge in [-0.3, -0.25) is 9.20 Å². The molecule has 1 N–H and O–H groups in total. The number of hydrogen-bond acceptors (Lipinski definition) is 4. The number of amides is 1. The van der Waals surface area contributed by atoms with Gasteiger partial charge in [0.1, 0.15) is 12.1 Å². The van der Waals surface area contributed by atoms with Crippen molar-refractivity contribution in [2.24, 2.45) is 0 Å². The average molecular weight is 382 g/mol. The monoisotopic (exact) mass is 380 g/mol. The van der Waals surface area contributed by atoms with E-state index in [9.17, 15) is 4.79 Å². The normalized spacial score (nSPS) is 10.6. The lowest BCUT2D eigenvalue weighted by atomic mass is 10.3. The fraction of sp³-hybridized carbons (Fsp3) is 0.0714. The predicted octanol–water partition coefficient (Wildman–Crippen LogP) is 3.16. The Kier molecular flexibility index (Phi) is 4.26. The molecule has 0 atom stereocenters. The summed E-state index contributed by atoms with van der Waals surface area (Å²) in [6.45, 7) is -0.156. The zero-order valence-electron chi connectivity index (χ0n) is 11.2. The maximum atomic E-state index is 12.0. The highest BCUT2D eigenvalue weighted by molar-refractivity contribution is 9.10. The average Bonchev–Trinajstić information content (AvgIpc) is 2.94. The highest BCUT2D eigenvalue weighted by Gasteiger charge is 2.10. The Balaban J connectivity index is 1.71. The Hall–Kier alpha value is -2.12. The summed E-state index contributed by atoms with van der Waals surface area (Å²) in [6, 6.07) is 8.72. The summed E-state index contributed by atoms with van der Waals surface area (Å²) in [6.07, 6.45) is 3.35. The van der Waals surface area contributed by atoms with Gasteiger partial charge in [-0.1, -0.05) is 23.7 Å². The molecule has 3 rings (SSSR count). The first kappa shape index (κ1) is 14.8. The van der Waals surface area contributed by atoms with Crippen LogP contribution < -0.4 is 10.1 Å². The Morgan fingerprint density at radius 2 is 2.23 bits per heavy atom. The number of ether oxygens (including phenoxy) is 1. The maximum absolute atomic E-state index is 12.0. The van der Waals surface area contributed by atoms with Gasteiger partial charge in [-0.15, -0.1) is 10.2 Å². The molecule has 0 aliphatic heterocycles. The number of para-hydroxylation sites is 1. The topological polar surface area (TPSA) is 68.5 Å². The van der Waals surface area contributed by atoms with Gasteiger partial charge in [0, 0.05) is 10.7 Å². The summed E-state index contributed by atoms with van der Waals surface area (Å²) in [5.41, 5.74) is 1.09. The maximum Gasteiger partial charge on any atom is 0.262 e. The highest BCUT2D eigenvalue weighted by Crippen LogP contribution is 2.23. The minimum Gasteiger partial charge on any atom is -0.482 e. The summed E-state index contributed by atoms with van der Waals surface area (Å²) < 4.78 is 7.89. The molecule has 3 aromatic rings. The van der Waals surface area contributed by atoms with E-state index in [4.69, 9.17) is 16.3 Å². The van der Waals surface area contributed by atoms with Crippen molar-refractivity contribution in [1.29, 1.82) is 0 Å². The molecule has 0 saturated heterocycles. The van der Waals surface area contributed by atoms with Gasteiger partial charge < -0.3 is 10.1 Å². The molecule has 22 heavy (non-hydrogen) atoms. The molecule has 8 heteroatoms. The van der Waals surface area contributed by atoms with Gasteiger partial charge in [0.15, 0.2) is 12.3 Å². The number of nitrogens with one attached hydrogen (secondary N) is 1. The SMILES string of the molecule is O=C(COc1ccccc1Cl)Nc1cc(Br)cn2cnnc12. The zero-order valence-corrected chi connectivity index (χ0v) is 13.5. The number of carbonyl (C=O) groups excluding carboxylic acids is 1. The molecule has 0 aliphatic rings. The van der Waals surface area contributed by atoms with Crippen LogP contribution in [0.2, 0.25) is 5.02 Å². The van der Waals surface area contributed by atoms with Crippen LogP contribution in [0.25, 0.3) is 5.65 Å². The molecule has 1 amide bonds. The van der Waals surface area contributed by atoms with E-state index < -0.39 is 0 Å². The Labute approximate surface area is 139 Å². The number of anilines is 1. The second-order valence-corrected chi connectivity index (χ2v) is 5.72. The first-order valence-electron chi connectivity index (χ1n) is 6.29. The van der Waals surface area contributed by atoms with Crippen LogP contribution in [-0.4, -0.2) is 27.1 Å². The molecule has 0 radical (unpaired) electrons. The smallest absolute Gasteiger partial charge is 0.262 e. The number of hydrogen-bond donors (Lipinski definition) is 1. The summed E-state index contributed by atoms with van der Waals surface area (Å²) in [4.78, 5) is 12.0. The molecule has 0 fully saturated rings. The second kappa shape index (κ2) is 6.33. The van der Waals surface area contributed by atoms with E-state index >= 15 is 0 Å². The van der Waals surface area contributed by atoms with E-state index in [1.807, 2.05) is 0 Å². The van der Waals surface area contributed by atoms with E-state index in [1.165, 1.54) is 0 Å². The van der Waals surface area contributed by atoms with Crippen LogP contribution in [0.5, 0.6) is 5.75 Å². The quantitative estimate of drug-likeness (QED) is 0.754. The van der Waals surface area contributed by atoms with Gasteiger partial charge in [0.05, 0.1) is 10.7 Å². The third-order valence-corrected chi connectivity index (χ3v) is 3.57. The van der Waals surface area contributed by atoms with E-state index in [1.54, 1.807) is 47.3 Å². The van der Waals surface area contributed by atoms with Crippen LogP contribution in [0.4, 0.5) is 5.69 Å². The van der Waals surface area contributed by atoms with Gasteiger partial charge in [0.2, 0.25) is 0 Å². The Bertz CT molecular complexity index is 837. The lowest BCUT2D eigenvalue weighted by Crippen LogP contribution is -2.20. The van der Waals surface area contributed by atoms with Crippen molar-refractivity contribution in [3.8, 4) is 5.75 Å². The van der Waals surface area contributed by atoms with E-state index in [0.29, 0.717) is 22.1 Å². The molecule has 0 bridgehead atoms. The molecule has 6 nitrogen and oxygen atoms in total. The number of fused-ring (bicyclic) bond motifs is 1. The van der Waals surface area contributed by atoms with Crippen LogP contribution in [0.15, 0.2) is 47.3 Å². The number of nitrogens with zero attached hydrogens (tertiary/aromatic N) is 3. The zero-order chi connectivity index (χ0) is 15.5. The van der Waals surface area contributed by atoms with E-state index in [-0.39, 0.29) is 12.5 Å². The molecule has 0 spiro atoms. The van der Waals surface area contributed by atoms with Crippen molar-refractivity contribution in [3.63, 3.8) is 0 Å². The third kappa shape index (κ3) is 3.20. The van der Waals surface area contributed by atoms with E-state index in [0.717, 1.165) is 4.47 Å². The van der Waals surface area contributed by atoms with Crippen molar-refractivity contribution < 1.29 is 9.53 Å². The van der Waals surface area contributed by atoms with Crippen molar-refractivity contribution in [2.75, 3.05) is 11.9 Å². The minimum absolute atomic E-state index is 0.156. The molecule has 0 saturated carbocycles. The van der Waals surface area contributed by atoms with E-state index in [2.05, 4.69) is 31.4 Å². The number of pyridine rings is 1. The molecular weight excluding hydrogens is 372 g/mol. The Morgan fingerprint density at radius 1 is 1.41 bits per heavy atom. The number of carbonyl (C=O) groups is 1. The Morgan fingerprint density at radius 3 is 3.05 bits per heavy atom. The first-order valence-corrected chi connectivity index (χ1v) is 7.46. The number of halogens is 2. The molecule has 0 unspecified atom stereocenters. The second-order valence-electron chi connectivity index (χ2n) is 4.40. The van der Waals surface area contributed by atoms with Crippen LogP contribution in [0.3, 0.4) is 0 Å². The van der Waals surface area contributed by atoms with Gasteiger partial charge in [0.25, 0.3) is 5.91 Å². The molecule has 112 valence electrons. The van der Waals surface area contributed by atoms with Gasteiger partial charge in [-0.05, 0) is 34.1 Å². The van der Waals surface area contributed by atoms with Crippen molar-refractivity contribution in [1.82, 2.24) is 14.6 Å². The fourth-order valence-corrected chi connectivity index (χ4v) is 2.53. The number of rotatable bonds is 4. The van der Waals surface area contributed by atoms with Crippen LogP contribution in [0.1, 0.15) is 0 Å². The lowest BCUT2D eigenvalue weighted by molar-refractivity contribution is -0.118. The van der Waals surface area contributed by atoms with Crippen LogP contribution >= 0.6 is 27.5 Å². The number of aromatic nitrogens is 3. The highest BCUT2D eigenvalue weighted by atomic mass is 79.9. The van der Waals surface area contributed by atoms with Gasteiger partial charge in [-0.2, -0.15) is 0 Å². The summed E-state index contributed by atoms with van der Waals surface area (Å²) in [5.74, 6) is 0.143. The van der Waals surface area contributed by atoms with Crippen molar-refractivity contribution >= 4 is 44.8 Å². The standard InChI is InChI=1S/C14H10BrClN4O2/c15-9-5-11(14-19-17-8-20(14)6-9)18-13(21)7-22-12-4-2-1-3-10(12)16/h1-6,8H,7H2,(H,18,21). The summed E-state index contributed by atoms with van der Waals surface area (Å²) in [5, 5.41) is 11.0. The third-order valence-electron chi connectivity index (χ3n) is 2.83. The molecule has 0 aliphatic carbocycles. The van der Waals surface area contributed by atoms with Crippen LogP contribution in [-0.2, 0) is 4.79 Å². The molecule has 1 aromatic carbocycles.